The predicted molar refractivity (Wildman–Crippen MR) is 73.2 cm³/mol. The molecule has 1 saturated heterocycles. The fourth-order valence-corrected chi connectivity index (χ4v) is 2.34. The maximum Gasteiger partial charge on any atom is 0.269 e. The Morgan fingerprint density at radius 3 is 2.63 bits per heavy atom. The van der Waals surface area contributed by atoms with Gasteiger partial charge in [-0.3, -0.25) is 14.9 Å². The summed E-state index contributed by atoms with van der Waals surface area (Å²) in [6.45, 7) is 2.65. The van der Waals surface area contributed by atoms with Gasteiger partial charge in [-0.05, 0) is 12.1 Å². The number of rotatable bonds is 6. The average molecular weight is 281 g/mol. The third-order valence-corrected chi connectivity index (χ3v) is 3.88. The van der Waals surface area contributed by atoms with Gasteiger partial charge in [0.25, 0.3) is 5.69 Å². The minimum Gasteiger partial charge on any atom is -0.355 e. The topological polar surface area (TPSA) is 84.3 Å². The average Bonchev–Trinajstić information content (AvgIpc) is 2.35. The molecule has 0 atom stereocenters. The van der Waals surface area contributed by atoms with E-state index in [9.17, 15) is 14.9 Å². The summed E-state index contributed by atoms with van der Waals surface area (Å²) in [5.41, 5.74) is 0.0614. The van der Waals surface area contributed by atoms with Gasteiger partial charge in [0.15, 0.2) is 0 Å². The molecule has 1 aromatic rings. The SMILES string of the molecule is O=C(CSc1ccc([N+](=O)[O-])cc1)NCC1CNC1. The Bertz CT molecular complexity index is 460. The lowest BCUT2D eigenvalue weighted by molar-refractivity contribution is -0.384. The van der Waals surface area contributed by atoms with Crippen LogP contribution in [0.4, 0.5) is 5.69 Å². The fourth-order valence-electron chi connectivity index (χ4n) is 1.61. The summed E-state index contributed by atoms with van der Waals surface area (Å²) >= 11 is 1.38. The van der Waals surface area contributed by atoms with Crippen molar-refractivity contribution in [2.24, 2.45) is 5.92 Å². The first-order valence-electron chi connectivity index (χ1n) is 6.00. The van der Waals surface area contributed by atoms with E-state index in [0.29, 0.717) is 18.2 Å². The molecule has 19 heavy (non-hydrogen) atoms. The number of nitrogens with zero attached hydrogens (tertiary/aromatic N) is 1. The Morgan fingerprint density at radius 2 is 2.11 bits per heavy atom. The van der Waals surface area contributed by atoms with Gasteiger partial charge in [0, 0.05) is 42.6 Å². The van der Waals surface area contributed by atoms with Crippen molar-refractivity contribution in [3.63, 3.8) is 0 Å². The van der Waals surface area contributed by atoms with E-state index in [2.05, 4.69) is 10.6 Å². The first-order chi connectivity index (χ1) is 9.15. The number of carbonyl (C=O) groups excluding carboxylic acids is 1. The lowest BCUT2D eigenvalue weighted by atomic mass is 10.0. The van der Waals surface area contributed by atoms with Crippen LogP contribution in [0.2, 0.25) is 0 Å². The highest BCUT2D eigenvalue weighted by molar-refractivity contribution is 8.00. The molecule has 1 aromatic carbocycles. The van der Waals surface area contributed by atoms with Crippen LogP contribution in [0.3, 0.4) is 0 Å². The molecule has 0 aromatic heterocycles. The van der Waals surface area contributed by atoms with Crippen LogP contribution in [0, 0.1) is 16.0 Å². The third kappa shape index (κ3) is 4.22. The van der Waals surface area contributed by atoms with Crippen LogP contribution < -0.4 is 10.6 Å². The summed E-state index contributed by atoms with van der Waals surface area (Å²) < 4.78 is 0. The summed E-state index contributed by atoms with van der Waals surface area (Å²) in [5, 5.41) is 16.5. The molecule has 7 heteroatoms. The van der Waals surface area contributed by atoms with E-state index >= 15 is 0 Å². The molecule has 1 fully saturated rings. The second-order valence-electron chi connectivity index (χ2n) is 4.37. The normalized spacial score (nSPS) is 14.7. The van der Waals surface area contributed by atoms with Gasteiger partial charge >= 0.3 is 0 Å². The van der Waals surface area contributed by atoms with Gasteiger partial charge < -0.3 is 10.6 Å². The largest absolute Gasteiger partial charge is 0.355 e. The van der Waals surface area contributed by atoms with Gasteiger partial charge in [-0.15, -0.1) is 11.8 Å². The highest BCUT2D eigenvalue weighted by atomic mass is 32.2. The number of thioether (sulfide) groups is 1. The van der Waals surface area contributed by atoms with E-state index < -0.39 is 4.92 Å². The van der Waals surface area contributed by atoms with Crippen molar-refractivity contribution in [1.82, 2.24) is 10.6 Å². The summed E-state index contributed by atoms with van der Waals surface area (Å²) in [5.74, 6) is 0.876. The Kier molecular flexibility index (Phi) is 4.75. The molecule has 0 bridgehead atoms. The van der Waals surface area contributed by atoms with E-state index in [1.165, 1.54) is 23.9 Å². The molecule has 1 heterocycles. The minimum absolute atomic E-state index is 0.00440. The molecule has 6 nitrogen and oxygen atoms in total. The number of benzene rings is 1. The Morgan fingerprint density at radius 1 is 1.42 bits per heavy atom. The van der Waals surface area contributed by atoms with Crippen molar-refractivity contribution in [1.29, 1.82) is 0 Å². The van der Waals surface area contributed by atoms with Crippen LogP contribution in [0.25, 0.3) is 0 Å². The minimum atomic E-state index is -0.437. The van der Waals surface area contributed by atoms with Crippen molar-refractivity contribution in [2.45, 2.75) is 4.90 Å². The number of carbonyl (C=O) groups is 1. The number of hydrogen-bond acceptors (Lipinski definition) is 5. The van der Waals surface area contributed by atoms with E-state index in [1.807, 2.05) is 0 Å². The third-order valence-electron chi connectivity index (χ3n) is 2.87. The summed E-state index contributed by atoms with van der Waals surface area (Å²) in [6, 6.07) is 6.21. The Hall–Kier alpha value is -1.60. The van der Waals surface area contributed by atoms with E-state index in [1.54, 1.807) is 12.1 Å². The fraction of sp³-hybridized carbons (Fsp3) is 0.417. The van der Waals surface area contributed by atoms with Crippen molar-refractivity contribution in [2.75, 3.05) is 25.4 Å². The maximum absolute atomic E-state index is 11.6. The second-order valence-corrected chi connectivity index (χ2v) is 5.42. The first kappa shape index (κ1) is 13.8. The molecule has 1 amide bonds. The Labute approximate surface area is 115 Å². The number of nitro benzene ring substituents is 1. The number of hydrogen-bond donors (Lipinski definition) is 2. The number of nitrogens with one attached hydrogen (secondary N) is 2. The molecule has 2 rings (SSSR count). The van der Waals surface area contributed by atoms with Gasteiger partial charge in [-0.1, -0.05) is 0 Å². The van der Waals surface area contributed by atoms with Crippen LogP contribution in [0.5, 0.6) is 0 Å². The molecule has 1 aliphatic heterocycles. The lowest BCUT2D eigenvalue weighted by Gasteiger charge is -2.27. The van der Waals surface area contributed by atoms with Crippen molar-refractivity contribution >= 4 is 23.4 Å². The van der Waals surface area contributed by atoms with Gasteiger partial charge in [-0.25, -0.2) is 0 Å². The van der Waals surface area contributed by atoms with Crippen LogP contribution in [0.15, 0.2) is 29.2 Å². The van der Waals surface area contributed by atoms with Crippen LogP contribution >= 0.6 is 11.8 Å². The smallest absolute Gasteiger partial charge is 0.269 e. The van der Waals surface area contributed by atoms with E-state index in [4.69, 9.17) is 0 Å². The van der Waals surface area contributed by atoms with Crippen LogP contribution in [0.1, 0.15) is 0 Å². The van der Waals surface area contributed by atoms with E-state index in [0.717, 1.165) is 18.0 Å². The predicted octanol–water partition coefficient (Wildman–Crippen LogP) is 1.02. The quantitative estimate of drug-likeness (QED) is 0.462. The summed E-state index contributed by atoms with van der Waals surface area (Å²) in [4.78, 5) is 22.5. The molecule has 1 aliphatic rings. The van der Waals surface area contributed by atoms with Crippen molar-refractivity contribution in [3.05, 3.63) is 34.4 Å². The zero-order valence-electron chi connectivity index (χ0n) is 10.3. The molecular weight excluding hydrogens is 266 g/mol. The highest BCUT2D eigenvalue weighted by Gasteiger charge is 2.17. The van der Waals surface area contributed by atoms with Crippen molar-refractivity contribution < 1.29 is 9.72 Å². The van der Waals surface area contributed by atoms with Crippen molar-refractivity contribution in [3.8, 4) is 0 Å². The van der Waals surface area contributed by atoms with Gasteiger partial charge in [-0.2, -0.15) is 0 Å². The van der Waals surface area contributed by atoms with Gasteiger partial charge in [0.05, 0.1) is 10.7 Å². The number of non-ortho nitro benzene ring substituents is 1. The molecule has 0 aliphatic carbocycles. The van der Waals surface area contributed by atoms with Crippen LogP contribution in [-0.4, -0.2) is 36.2 Å². The maximum atomic E-state index is 11.6. The summed E-state index contributed by atoms with van der Waals surface area (Å²) in [6.07, 6.45) is 0. The first-order valence-corrected chi connectivity index (χ1v) is 6.98. The van der Waals surface area contributed by atoms with Gasteiger partial charge in [0.2, 0.25) is 5.91 Å². The monoisotopic (exact) mass is 281 g/mol. The molecule has 0 spiro atoms. The zero-order chi connectivity index (χ0) is 13.7. The molecular formula is C12H15N3O3S. The molecule has 0 saturated carbocycles. The van der Waals surface area contributed by atoms with Crippen LogP contribution in [-0.2, 0) is 4.79 Å². The number of amides is 1. The Balaban J connectivity index is 1.71. The lowest BCUT2D eigenvalue weighted by Crippen LogP contribution is -2.48. The van der Waals surface area contributed by atoms with Gasteiger partial charge in [0.1, 0.15) is 0 Å². The second kappa shape index (κ2) is 6.53. The highest BCUT2D eigenvalue weighted by Crippen LogP contribution is 2.21. The molecule has 0 unspecified atom stereocenters. The van der Waals surface area contributed by atoms with E-state index in [-0.39, 0.29) is 11.6 Å². The standard InChI is InChI=1S/C12H15N3O3S/c16-12(14-7-9-5-13-6-9)8-19-11-3-1-10(2-4-11)15(17)18/h1-4,9,13H,5-8H2,(H,14,16). The summed E-state index contributed by atoms with van der Waals surface area (Å²) in [7, 11) is 0. The zero-order valence-corrected chi connectivity index (χ0v) is 11.1. The molecule has 0 radical (unpaired) electrons. The molecule has 102 valence electrons. The molecule has 2 N–H and O–H groups in total. The number of nitro groups is 1.